The normalized spacial score (nSPS) is 10.7. The first kappa shape index (κ1) is 14.8. The molecule has 2 aromatic carbocycles. The van der Waals surface area contributed by atoms with E-state index < -0.39 is 0 Å². The zero-order chi connectivity index (χ0) is 15.7. The number of aromatic nitrogens is 1. The van der Waals surface area contributed by atoms with E-state index in [2.05, 4.69) is 10.3 Å². The maximum absolute atomic E-state index is 12.5. The summed E-state index contributed by atoms with van der Waals surface area (Å²) in [5.41, 5.74) is 2.50. The lowest BCUT2D eigenvalue weighted by Crippen LogP contribution is -2.13. The summed E-state index contributed by atoms with van der Waals surface area (Å²) in [4.78, 5) is 17.0. The Balaban J connectivity index is 2.03. The Hall–Kier alpha value is -2.10. The lowest BCUT2D eigenvalue weighted by atomic mass is 10.1. The van der Waals surface area contributed by atoms with Gasteiger partial charge in [0, 0.05) is 11.1 Å². The molecule has 0 aliphatic rings. The van der Waals surface area contributed by atoms with Crippen LogP contribution < -0.4 is 5.32 Å². The fraction of sp³-hybridized carbons (Fsp3) is 0.0588. The molecule has 0 aliphatic carbocycles. The molecule has 0 spiro atoms. The first-order valence-electron chi connectivity index (χ1n) is 6.68. The number of carbonyl (C=O) groups excluding carboxylic acids is 1. The van der Waals surface area contributed by atoms with Gasteiger partial charge in [-0.05, 0) is 31.2 Å². The average molecular weight is 331 g/mol. The van der Waals surface area contributed by atoms with Crippen LogP contribution in [-0.4, -0.2) is 10.9 Å². The number of anilines is 1. The number of halogens is 2. The number of carbonyl (C=O) groups is 1. The van der Waals surface area contributed by atoms with E-state index in [1.54, 1.807) is 24.3 Å². The number of amides is 1. The zero-order valence-corrected chi connectivity index (χ0v) is 13.2. The second-order valence-corrected chi connectivity index (χ2v) is 5.70. The summed E-state index contributed by atoms with van der Waals surface area (Å²) in [5, 5.41) is 4.42. The number of rotatable bonds is 2. The monoisotopic (exact) mass is 330 g/mol. The molecule has 0 bridgehead atoms. The standard InChI is InChI=1S/C17H12Cl2N2O/c1-10-8-9-11-4-2-7-14(16(11)20-10)21-17(22)15-12(18)5-3-6-13(15)19/h2-9H,1H3,(H,21,22). The van der Waals surface area contributed by atoms with Gasteiger partial charge in [-0.25, -0.2) is 0 Å². The van der Waals surface area contributed by atoms with E-state index in [0.29, 0.717) is 15.7 Å². The molecule has 22 heavy (non-hydrogen) atoms. The number of nitrogens with one attached hydrogen (secondary N) is 1. The molecule has 1 aromatic heterocycles. The van der Waals surface area contributed by atoms with E-state index in [4.69, 9.17) is 23.2 Å². The Labute approximate surface area is 137 Å². The van der Waals surface area contributed by atoms with Crippen molar-refractivity contribution in [3.8, 4) is 0 Å². The van der Waals surface area contributed by atoms with Crippen LogP contribution in [0.5, 0.6) is 0 Å². The van der Waals surface area contributed by atoms with Crippen LogP contribution in [0.3, 0.4) is 0 Å². The molecular weight excluding hydrogens is 319 g/mol. The molecule has 5 heteroatoms. The fourth-order valence-corrected chi connectivity index (χ4v) is 2.81. The lowest BCUT2D eigenvalue weighted by Gasteiger charge is -2.10. The van der Waals surface area contributed by atoms with Crippen LogP contribution in [0.15, 0.2) is 48.5 Å². The summed E-state index contributed by atoms with van der Waals surface area (Å²) >= 11 is 12.1. The maximum atomic E-state index is 12.5. The molecule has 3 aromatic rings. The van der Waals surface area contributed by atoms with Gasteiger partial charge >= 0.3 is 0 Å². The molecule has 3 rings (SSSR count). The number of benzene rings is 2. The predicted molar refractivity (Wildman–Crippen MR) is 90.9 cm³/mol. The highest BCUT2D eigenvalue weighted by atomic mass is 35.5. The SMILES string of the molecule is Cc1ccc2cccc(NC(=O)c3c(Cl)cccc3Cl)c2n1. The van der Waals surface area contributed by atoms with Crippen molar-refractivity contribution < 1.29 is 4.79 Å². The van der Waals surface area contributed by atoms with Crippen molar-refractivity contribution in [3.63, 3.8) is 0 Å². The van der Waals surface area contributed by atoms with Crippen LogP contribution in [0.25, 0.3) is 10.9 Å². The molecule has 0 fully saturated rings. The minimum atomic E-state index is -0.355. The largest absolute Gasteiger partial charge is 0.320 e. The van der Waals surface area contributed by atoms with Crippen molar-refractivity contribution in [3.05, 3.63) is 69.8 Å². The molecule has 1 heterocycles. The predicted octanol–water partition coefficient (Wildman–Crippen LogP) is 5.10. The quantitative estimate of drug-likeness (QED) is 0.710. The third-order valence-corrected chi connectivity index (χ3v) is 3.93. The first-order chi connectivity index (χ1) is 10.6. The van der Waals surface area contributed by atoms with Crippen molar-refractivity contribution in [2.24, 2.45) is 0 Å². The number of hydrogen-bond donors (Lipinski definition) is 1. The Kier molecular flexibility index (Phi) is 4.01. The summed E-state index contributed by atoms with van der Waals surface area (Å²) < 4.78 is 0. The molecular formula is C17H12Cl2N2O. The van der Waals surface area contributed by atoms with Gasteiger partial charge in [0.1, 0.15) is 0 Å². The van der Waals surface area contributed by atoms with Gasteiger partial charge in [0.25, 0.3) is 5.91 Å². The Morgan fingerprint density at radius 1 is 1.00 bits per heavy atom. The zero-order valence-electron chi connectivity index (χ0n) is 11.7. The number of para-hydroxylation sites is 1. The highest BCUT2D eigenvalue weighted by Gasteiger charge is 2.15. The second-order valence-electron chi connectivity index (χ2n) is 4.88. The number of aryl methyl sites for hydroxylation is 1. The smallest absolute Gasteiger partial charge is 0.258 e. The number of hydrogen-bond acceptors (Lipinski definition) is 2. The van der Waals surface area contributed by atoms with Gasteiger partial charge in [0.05, 0.1) is 26.8 Å². The molecule has 3 nitrogen and oxygen atoms in total. The lowest BCUT2D eigenvalue weighted by molar-refractivity contribution is 0.102. The van der Waals surface area contributed by atoms with E-state index >= 15 is 0 Å². The molecule has 0 aliphatic heterocycles. The van der Waals surface area contributed by atoms with Crippen LogP contribution in [0, 0.1) is 6.92 Å². The van der Waals surface area contributed by atoms with Crippen LogP contribution >= 0.6 is 23.2 Å². The molecule has 110 valence electrons. The van der Waals surface area contributed by atoms with Gasteiger partial charge in [0.2, 0.25) is 0 Å². The molecule has 1 amide bonds. The van der Waals surface area contributed by atoms with Gasteiger partial charge in [-0.2, -0.15) is 0 Å². The van der Waals surface area contributed by atoms with E-state index in [-0.39, 0.29) is 11.5 Å². The van der Waals surface area contributed by atoms with E-state index in [9.17, 15) is 4.79 Å². The highest BCUT2D eigenvalue weighted by Crippen LogP contribution is 2.27. The van der Waals surface area contributed by atoms with Crippen LogP contribution in [0.2, 0.25) is 10.0 Å². The van der Waals surface area contributed by atoms with E-state index in [1.807, 2.05) is 31.2 Å². The van der Waals surface area contributed by atoms with Crippen molar-refractivity contribution in [1.82, 2.24) is 4.98 Å². The number of nitrogens with zero attached hydrogens (tertiary/aromatic N) is 1. The summed E-state index contributed by atoms with van der Waals surface area (Å²) in [7, 11) is 0. The maximum Gasteiger partial charge on any atom is 0.258 e. The summed E-state index contributed by atoms with van der Waals surface area (Å²) in [5.74, 6) is -0.355. The van der Waals surface area contributed by atoms with Crippen molar-refractivity contribution in [2.75, 3.05) is 5.32 Å². The minimum absolute atomic E-state index is 0.260. The minimum Gasteiger partial charge on any atom is -0.320 e. The molecule has 0 atom stereocenters. The van der Waals surface area contributed by atoms with Crippen LogP contribution in [0.4, 0.5) is 5.69 Å². The summed E-state index contributed by atoms with van der Waals surface area (Å²) in [6.07, 6.45) is 0. The molecule has 1 N–H and O–H groups in total. The average Bonchev–Trinajstić information content (AvgIpc) is 2.47. The van der Waals surface area contributed by atoms with Crippen molar-refractivity contribution >= 4 is 45.7 Å². The van der Waals surface area contributed by atoms with E-state index in [0.717, 1.165) is 16.6 Å². The molecule has 0 radical (unpaired) electrons. The van der Waals surface area contributed by atoms with Gasteiger partial charge in [0.15, 0.2) is 0 Å². The van der Waals surface area contributed by atoms with Gasteiger partial charge in [-0.15, -0.1) is 0 Å². The van der Waals surface area contributed by atoms with Crippen LogP contribution in [0.1, 0.15) is 16.1 Å². The Morgan fingerprint density at radius 3 is 2.41 bits per heavy atom. The van der Waals surface area contributed by atoms with Gasteiger partial charge in [-0.3, -0.25) is 9.78 Å². The summed E-state index contributed by atoms with van der Waals surface area (Å²) in [6, 6.07) is 14.5. The third kappa shape index (κ3) is 2.78. The first-order valence-corrected chi connectivity index (χ1v) is 7.43. The Morgan fingerprint density at radius 2 is 1.68 bits per heavy atom. The van der Waals surface area contributed by atoms with Gasteiger partial charge in [-0.1, -0.05) is 47.5 Å². The van der Waals surface area contributed by atoms with E-state index in [1.165, 1.54) is 0 Å². The second kappa shape index (κ2) is 5.95. The molecule has 0 unspecified atom stereocenters. The van der Waals surface area contributed by atoms with Crippen molar-refractivity contribution in [2.45, 2.75) is 6.92 Å². The number of fused-ring (bicyclic) bond motifs is 1. The Bertz CT molecular complexity index is 857. The number of pyridine rings is 1. The molecule has 0 saturated carbocycles. The molecule has 0 saturated heterocycles. The van der Waals surface area contributed by atoms with Crippen molar-refractivity contribution in [1.29, 1.82) is 0 Å². The topological polar surface area (TPSA) is 42.0 Å². The van der Waals surface area contributed by atoms with Crippen LogP contribution in [-0.2, 0) is 0 Å². The summed E-state index contributed by atoms with van der Waals surface area (Å²) in [6.45, 7) is 1.91. The third-order valence-electron chi connectivity index (χ3n) is 3.30. The highest BCUT2D eigenvalue weighted by molar-refractivity contribution is 6.40. The fourth-order valence-electron chi connectivity index (χ4n) is 2.25. The van der Waals surface area contributed by atoms with Gasteiger partial charge < -0.3 is 5.32 Å².